The average Bonchev–Trinajstić information content (AvgIpc) is 2.67. The molecule has 0 aromatic carbocycles. The molecule has 2 rings (SSSR count). The van der Waals surface area contributed by atoms with Crippen LogP contribution in [0.1, 0.15) is 52.4 Å². The summed E-state index contributed by atoms with van der Waals surface area (Å²) in [7, 11) is 0. The fourth-order valence-corrected chi connectivity index (χ4v) is 2.89. The Morgan fingerprint density at radius 2 is 1.43 bits per heavy atom. The number of hydrogen-bond donors (Lipinski definition) is 0. The Morgan fingerprint density at radius 3 is 2.07 bits per heavy atom. The summed E-state index contributed by atoms with van der Waals surface area (Å²) >= 11 is 0. The predicted molar refractivity (Wildman–Crippen MR) is 62.2 cm³/mol. The van der Waals surface area contributed by atoms with Crippen LogP contribution in [0.25, 0.3) is 0 Å². The highest BCUT2D eigenvalue weighted by Crippen LogP contribution is 2.68. The molecular formula is C14H22. The van der Waals surface area contributed by atoms with Crippen molar-refractivity contribution in [3.05, 3.63) is 24.3 Å². The van der Waals surface area contributed by atoms with E-state index in [1.165, 1.54) is 38.5 Å². The van der Waals surface area contributed by atoms with Crippen molar-refractivity contribution in [3.63, 3.8) is 0 Å². The molecule has 2 aliphatic carbocycles. The maximum Gasteiger partial charge on any atom is -0.0203 e. The smallest absolute Gasteiger partial charge is 0.0203 e. The molecule has 1 atom stereocenters. The van der Waals surface area contributed by atoms with Crippen LogP contribution >= 0.6 is 0 Å². The van der Waals surface area contributed by atoms with Gasteiger partial charge in [0.15, 0.2) is 0 Å². The van der Waals surface area contributed by atoms with E-state index < -0.39 is 0 Å². The molecule has 0 heterocycles. The minimum atomic E-state index is 0.602. The lowest BCUT2D eigenvalue weighted by Crippen LogP contribution is -2.07. The Balaban J connectivity index is 2.03. The van der Waals surface area contributed by atoms with E-state index in [1.807, 2.05) is 0 Å². The van der Waals surface area contributed by atoms with Gasteiger partial charge in [-0.25, -0.2) is 0 Å². The Kier molecular flexibility index (Phi) is 2.55. The molecule has 0 radical (unpaired) electrons. The largest absolute Gasteiger partial charge is 0.0885 e. The van der Waals surface area contributed by atoms with Crippen molar-refractivity contribution in [1.82, 2.24) is 0 Å². The van der Waals surface area contributed by atoms with Crippen LogP contribution in [0.2, 0.25) is 0 Å². The Morgan fingerprint density at radius 1 is 0.857 bits per heavy atom. The minimum absolute atomic E-state index is 0.602. The molecule has 0 aromatic heterocycles. The van der Waals surface area contributed by atoms with Crippen molar-refractivity contribution in [2.45, 2.75) is 52.4 Å². The second kappa shape index (κ2) is 3.56. The monoisotopic (exact) mass is 190 g/mol. The molecule has 0 heteroatoms. The van der Waals surface area contributed by atoms with E-state index in [1.54, 1.807) is 0 Å². The molecule has 2 aliphatic rings. The molecule has 14 heavy (non-hydrogen) atoms. The molecule has 1 fully saturated rings. The summed E-state index contributed by atoms with van der Waals surface area (Å²) in [5.74, 6) is 0. The minimum Gasteiger partial charge on any atom is -0.0885 e. The van der Waals surface area contributed by atoms with Crippen LogP contribution in [-0.4, -0.2) is 0 Å². The Labute approximate surface area is 88.1 Å². The molecule has 0 saturated heterocycles. The summed E-state index contributed by atoms with van der Waals surface area (Å²) in [5.41, 5.74) is 1.25. The first-order valence-electron chi connectivity index (χ1n) is 5.96. The van der Waals surface area contributed by atoms with Crippen LogP contribution in [0.15, 0.2) is 24.3 Å². The lowest BCUT2D eigenvalue weighted by atomic mass is 9.87. The fourth-order valence-electron chi connectivity index (χ4n) is 2.89. The Hall–Kier alpha value is -0.520. The highest BCUT2D eigenvalue weighted by Gasteiger charge is 2.58. The third-order valence-electron chi connectivity index (χ3n) is 4.22. The maximum atomic E-state index is 2.43. The molecule has 0 aliphatic heterocycles. The van der Waals surface area contributed by atoms with Crippen molar-refractivity contribution < 1.29 is 0 Å². The highest BCUT2D eigenvalue weighted by atomic mass is 14.6. The van der Waals surface area contributed by atoms with Gasteiger partial charge in [-0.3, -0.25) is 0 Å². The average molecular weight is 190 g/mol. The van der Waals surface area contributed by atoms with E-state index >= 15 is 0 Å². The van der Waals surface area contributed by atoms with Crippen molar-refractivity contribution >= 4 is 0 Å². The molecule has 0 amide bonds. The highest BCUT2D eigenvalue weighted by molar-refractivity contribution is 5.13. The summed E-state index contributed by atoms with van der Waals surface area (Å²) in [6.45, 7) is 4.85. The van der Waals surface area contributed by atoms with Gasteiger partial charge in [0.05, 0.1) is 0 Å². The maximum absolute atomic E-state index is 2.43. The first-order valence-corrected chi connectivity index (χ1v) is 5.96. The van der Waals surface area contributed by atoms with Gasteiger partial charge in [0.2, 0.25) is 0 Å². The van der Waals surface area contributed by atoms with Gasteiger partial charge in [0.1, 0.15) is 0 Å². The van der Waals surface area contributed by atoms with E-state index in [0.29, 0.717) is 10.8 Å². The van der Waals surface area contributed by atoms with Gasteiger partial charge in [-0.2, -0.15) is 0 Å². The molecule has 78 valence electrons. The molecular weight excluding hydrogens is 168 g/mol. The normalized spacial score (nSPS) is 40.4. The SMILES string of the molecule is CC1(C)CC12C/C=C/CC/C=C\CC2. The summed E-state index contributed by atoms with van der Waals surface area (Å²) < 4.78 is 0. The number of hydrogen-bond acceptors (Lipinski definition) is 0. The van der Waals surface area contributed by atoms with E-state index in [2.05, 4.69) is 38.2 Å². The van der Waals surface area contributed by atoms with Gasteiger partial charge >= 0.3 is 0 Å². The summed E-state index contributed by atoms with van der Waals surface area (Å²) in [4.78, 5) is 0. The number of rotatable bonds is 0. The zero-order valence-corrected chi connectivity index (χ0v) is 9.55. The molecule has 0 bridgehead atoms. The third kappa shape index (κ3) is 1.80. The summed E-state index contributed by atoms with van der Waals surface area (Å²) in [5, 5.41) is 0. The first kappa shape index (κ1) is 10.0. The topological polar surface area (TPSA) is 0 Å². The van der Waals surface area contributed by atoms with Crippen molar-refractivity contribution in [1.29, 1.82) is 0 Å². The second-order valence-corrected chi connectivity index (χ2v) is 5.60. The van der Waals surface area contributed by atoms with Crippen molar-refractivity contribution in [2.75, 3.05) is 0 Å². The van der Waals surface area contributed by atoms with Crippen LogP contribution < -0.4 is 0 Å². The Bertz CT molecular complexity index is 257. The van der Waals surface area contributed by atoms with Gasteiger partial charge in [-0.05, 0) is 49.4 Å². The lowest BCUT2D eigenvalue weighted by molar-refractivity contribution is 0.361. The quantitative estimate of drug-likeness (QED) is 0.494. The number of allylic oxidation sites excluding steroid dienone is 4. The van der Waals surface area contributed by atoms with Crippen molar-refractivity contribution in [3.8, 4) is 0 Å². The van der Waals surface area contributed by atoms with E-state index in [9.17, 15) is 0 Å². The van der Waals surface area contributed by atoms with Gasteiger partial charge in [-0.1, -0.05) is 38.2 Å². The molecule has 1 spiro atoms. The van der Waals surface area contributed by atoms with Crippen LogP contribution in [0, 0.1) is 10.8 Å². The zero-order valence-electron chi connectivity index (χ0n) is 9.55. The molecule has 0 N–H and O–H groups in total. The van der Waals surface area contributed by atoms with Crippen LogP contribution in [-0.2, 0) is 0 Å². The lowest BCUT2D eigenvalue weighted by Gasteiger charge is -2.18. The standard InChI is InChI=1S/C14H22/c1-13(2)12-14(13)10-8-6-4-3-5-7-9-11-14/h4,6-7,9H,3,5,8,10-12H2,1-2H3/b6-4-,9-7+. The first-order chi connectivity index (χ1) is 6.66. The fraction of sp³-hybridized carbons (Fsp3) is 0.714. The molecule has 0 nitrogen and oxygen atoms in total. The van der Waals surface area contributed by atoms with Crippen molar-refractivity contribution in [2.24, 2.45) is 10.8 Å². The second-order valence-electron chi connectivity index (χ2n) is 5.60. The van der Waals surface area contributed by atoms with E-state index in [-0.39, 0.29) is 0 Å². The van der Waals surface area contributed by atoms with Gasteiger partial charge in [0.25, 0.3) is 0 Å². The summed E-state index contributed by atoms with van der Waals surface area (Å²) in [6.07, 6.45) is 17.4. The zero-order chi connectivity index (χ0) is 10.1. The van der Waals surface area contributed by atoms with Crippen LogP contribution in [0.4, 0.5) is 0 Å². The van der Waals surface area contributed by atoms with E-state index in [0.717, 1.165) is 0 Å². The molecule has 0 aromatic rings. The van der Waals surface area contributed by atoms with Gasteiger partial charge in [-0.15, -0.1) is 0 Å². The van der Waals surface area contributed by atoms with Gasteiger partial charge in [0, 0.05) is 0 Å². The summed E-state index contributed by atoms with van der Waals surface area (Å²) in [6, 6.07) is 0. The third-order valence-corrected chi connectivity index (χ3v) is 4.22. The van der Waals surface area contributed by atoms with Gasteiger partial charge < -0.3 is 0 Å². The van der Waals surface area contributed by atoms with Crippen LogP contribution in [0.5, 0.6) is 0 Å². The molecule has 1 unspecified atom stereocenters. The predicted octanol–water partition coefficient (Wildman–Crippen LogP) is 4.48. The molecule has 1 saturated carbocycles. The van der Waals surface area contributed by atoms with E-state index in [4.69, 9.17) is 0 Å². The van der Waals surface area contributed by atoms with Crippen LogP contribution in [0.3, 0.4) is 0 Å².